The fourth-order valence-corrected chi connectivity index (χ4v) is 1.67. The van der Waals surface area contributed by atoms with E-state index in [4.69, 9.17) is 25.8 Å². The van der Waals surface area contributed by atoms with Crippen LogP contribution in [0.5, 0.6) is 5.75 Å². The van der Waals surface area contributed by atoms with Gasteiger partial charge in [-0.1, -0.05) is 17.9 Å². The van der Waals surface area contributed by atoms with Crippen LogP contribution in [0.3, 0.4) is 0 Å². The largest absolute Gasteiger partial charge is 0.872 e. The van der Waals surface area contributed by atoms with Crippen LogP contribution in [-0.2, 0) is 0 Å². The van der Waals surface area contributed by atoms with Crippen LogP contribution < -0.4 is 9.84 Å². The number of allylic oxidation sites excluding steroid dienone is 1. The van der Waals surface area contributed by atoms with Crippen molar-refractivity contribution in [3.05, 3.63) is 35.4 Å². The SMILES string of the molecule is COc1ccc(C([O-])=C(C(C#N)C#N)C(C#N)C#N)cc1. The van der Waals surface area contributed by atoms with Crippen molar-refractivity contribution in [2.75, 3.05) is 7.11 Å². The van der Waals surface area contributed by atoms with Gasteiger partial charge in [0.05, 0.1) is 31.4 Å². The predicted octanol–water partition coefficient (Wildman–Crippen LogP) is 1.09. The molecule has 0 saturated heterocycles. The summed E-state index contributed by atoms with van der Waals surface area (Å²) < 4.78 is 4.96. The Morgan fingerprint density at radius 3 is 1.71 bits per heavy atom. The Morgan fingerprint density at radius 1 is 0.952 bits per heavy atom. The van der Waals surface area contributed by atoms with Gasteiger partial charge in [0.2, 0.25) is 0 Å². The van der Waals surface area contributed by atoms with Gasteiger partial charge < -0.3 is 9.84 Å². The third-order valence-corrected chi connectivity index (χ3v) is 2.75. The lowest BCUT2D eigenvalue weighted by Crippen LogP contribution is -2.17. The van der Waals surface area contributed by atoms with Gasteiger partial charge in [0, 0.05) is 0 Å². The highest BCUT2D eigenvalue weighted by molar-refractivity contribution is 5.65. The summed E-state index contributed by atoms with van der Waals surface area (Å²) in [6.07, 6.45) is 0. The van der Waals surface area contributed by atoms with E-state index in [0.717, 1.165) is 0 Å². The number of ether oxygens (including phenoxy) is 1. The highest BCUT2D eigenvalue weighted by Crippen LogP contribution is 2.27. The molecule has 0 atom stereocenters. The molecule has 1 aromatic rings. The molecule has 0 aromatic heterocycles. The van der Waals surface area contributed by atoms with E-state index < -0.39 is 17.6 Å². The van der Waals surface area contributed by atoms with Crippen LogP contribution in [0, 0.1) is 57.2 Å². The molecule has 0 fully saturated rings. The lowest BCUT2D eigenvalue weighted by Gasteiger charge is -2.21. The summed E-state index contributed by atoms with van der Waals surface area (Å²) in [6, 6.07) is 12.5. The molecule has 1 rings (SSSR count). The summed E-state index contributed by atoms with van der Waals surface area (Å²) in [4.78, 5) is 0. The van der Waals surface area contributed by atoms with Gasteiger partial charge in [0.15, 0.2) is 11.8 Å². The Hall–Kier alpha value is -3.48. The Kier molecular flexibility index (Phi) is 5.34. The highest BCUT2D eigenvalue weighted by Gasteiger charge is 2.23. The number of methoxy groups -OCH3 is 1. The van der Waals surface area contributed by atoms with Crippen molar-refractivity contribution in [3.8, 4) is 30.0 Å². The fourth-order valence-electron chi connectivity index (χ4n) is 1.67. The molecule has 0 unspecified atom stereocenters. The van der Waals surface area contributed by atoms with Crippen molar-refractivity contribution in [1.82, 2.24) is 0 Å². The second kappa shape index (κ2) is 7.19. The number of hydrogen-bond acceptors (Lipinski definition) is 6. The molecule has 0 spiro atoms. The normalized spacial score (nSPS) is 9.10. The van der Waals surface area contributed by atoms with Crippen molar-refractivity contribution in [2.24, 2.45) is 11.8 Å². The predicted molar refractivity (Wildman–Crippen MR) is 69.3 cm³/mol. The third kappa shape index (κ3) is 3.29. The maximum absolute atomic E-state index is 12.4. The average molecular weight is 277 g/mol. The molecule has 0 radical (unpaired) electrons. The van der Waals surface area contributed by atoms with Crippen LogP contribution >= 0.6 is 0 Å². The molecule has 0 aliphatic carbocycles. The maximum atomic E-state index is 12.4. The highest BCUT2D eigenvalue weighted by atomic mass is 16.5. The van der Waals surface area contributed by atoms with Crippen LogP contribution in [0.25, 0.3) is 5.76 Å². The standard InChI is InChI=1S/C15H10N4O2/c1-21-13-4-2-10(3-5-13)15(20)14(11(6-16)7-17)12(8-18)9-19/h2-5,11-12,20H,1H3/p-1. The summed E-state index contributed by atoms with van der Waals surface area (Å²) in [5.74, 6) is -3.02. The molecule has 6 nitrogen and oxygen atoms in total. The molecule has 0 saturated carbocycles. The molecule has 1 aromatic carbocycles. The zero-order chi connectivity index (χ0) is 15.8. The van der Waals surface area contributed by atoms with E-state index in [1.54, 1.807) is 24.3 Å². The van der Waals surface area contributed by atoms with E-state index in [-0.39, 0.29) is 11.1 Å². The van der Waals surface area contributed by atoms with Crippen LogP contribution in [0.4, 0.5) is 0 Å². The molecule has 0 amide bonds. The Labute approximate surface area is 122 Å². The quantitative estimate of drug-likeness (QED) is 0.758. The van der Waals surface area contributed by atoms with Crippen molar-refractivity contribution in [1.29, 1.82) is 21.0 Å². The first kappa shape index (κ1) is 15.6. The van der Waals surface area contributed by atoms with Crippen molar-refractivity contribution >= 4 is 5.76 Å². The van der Waals surface area contributed by atoms with Gasteiger partial charge in [-0.05, 0) is 23.3 Å². The first-order valence-corrected chi connectivity index (χ1v) is 5.76. The lowest BCUT2D eigenvalue weighted by atomic mass is 9.88. The van der Waals surface area contributed by atoms with Crippen molar-refractivity contribution < 1.29 is 9.84 Å². The average Bonchev–Trinajstić information content (AvgIpc) is 2.54. The number of nitriles is 4. The fraction of sp³-hybridized carbons (Fsp3) is 0.200. The maximum Gasteiger partial charge on any atom is 0.156 e. The monoisotopic (exact) mass is 277 g/mol. The zero-order valence-corrected chi connectivity index (χ0v) is 11.1. The minimum atomic E-state index is -1.44. The summed E-state index contributed by atoms with van der Waals surface area (Å²) in [6.45, 7) is 0. The minimum Gasteiger partial charge on any atom is -0.872 e. The molecule has 0 bridgehead atoms. The number of benzene rings is 1. The topological polar surface area (TPSA) is 127 Å². The number of rotatable bonds is 4. The third-order valence-electron chi connectivity index (χ3n) is 2.75. The molecule has 0 aliphatic heterocycles. The zero-order valence-electron chi connectivity index (χ0n) is 11.1. The Balaban J connectivity index is 3.47. The van der Waals surface area contributed by atoms with Gasteiger partial charge in [-0.15, -0.1) is 0 Å². The first-order valence-electron chi connectivity index (χ1n) is 5.76. The molecular formula is C15H9N4O2-. The van der Waals surface area contributed by atoms with Crippen LogP contribution in [0.1, 0.15) is 5.56 Å². The molecule has 0 heterocycles. The lowest BCUT2D eigenvalue weighted by molar-refractivity contribution is -0.245. The molecule has 21 heavy (non-hydrogen) atoms. The minimum absolute atomic E-state index is 0.178. The van der Waals surface area contributed by atoms with E-state index in [1.807, 2.05) is 0 Å². The van der Waals surface area contributed by atoms with E-state index in [1.165, 1.54) is 31.4 Å². The van der Waals surface area contributed by atoms with Gasteiger partial charge in [-0.3, -0.25) is 0 Å². The van der Waals surface area contributed by atoms with E-state index in [9.17, 15) is 5.11 Å². The molecule has 0 N–H and O–H groups in total. The Bertz CT molecular complexity index is 647. The number of nitrogens with zero attached hydrogens (tertiary/aromatic N) is 4. The summed E-state index contributed by atoms with van der Waals surface area (Å²) >= 11 is 0. The molecular weight excluding hydrogens is 268 g/mol. The van der Waals surface area contributed by atoms with Crippen LogP contribution in [-0.4, -0.2) is 7.11 Å². The number of hydrogen-bond donors (Lipinski definition) is 0. The summed E-state index contributed by atoms with van der Waals surface area (Å²) in [7, 11) is 1.47. The summed E-state index contributed by atoms with van der Waals surface area (Å²) in [5, 5.41) is 48.1. The molecule has 6 heteroatoms. The second-order valence-electron chi connectivity index (χ2n) is 3.90. The van der Waals surface area contributed by atoms with E-state index in [0.29, 0.717) is 5.75 Å². The van der Waals surface area contributed by atoms with Crippen molar-refractivity contribution in [3.63, 3.8) is 0 Å². The van der Waals surface area contributed by atoms with Gasteiger partial charge in [0.1, 0.15) is 5.75 Å². The van der Waals surface area contributed by atoms with Crippen LogP contribution in [0.15, 0.2) is 29.8 Å². The first-order chi connectivity index (χ1) is 10.1. The van der Waals surface area contributed by atoms with Gasteiger partial charge in [-0.2, -0.15) is 21.0 Å². The van der Waals surface area contributed by atoms with Crippen LogP contribution in [0.2, 0.25) is 0 Å². The van der Waals surface area contributed by atoms with Gasteiger partial charge in [0.25, 0.3) is 0 Å². The van der Waals surface area contributed by atoms with E-state index in [2.05, 4.69) is 0 Å². The van der Waals surface area contributed by atoms with Gasteiger partial charge >= 0.3 is 0 Å². The van der Waals surface area contributed by atoms with E-state index >= 15 is 0 Å². The van der Waals surface area contributed by atoms with Gasteiger partial charge in [-0.25, -0.2) is 0 Å². The molecule has 0 aliphatic rings. The van der Waals surface area contributed by atoms with Crippen molar-refractivity contribution in [2.45, 2.75) is 0 Å². The Morgan fingerprint density at radius 2 is 1.38 bits per heavy atom. The smallest absolute Gasteiger partial charge is 0.156 e. The molecule has 102 valence electrons. The second-order valence-corrected chi connectivity index (χ2v) is 3.90. The summed E-state index contributed by atoms with van der Waals surface area (Å²) in [5.41, 5.74) is -0.146.